The Labute approximate surface area is 168 Å². The van der Waals surface area contributed by atoms with E-state index in [-0.39, 0.29) is 11.3 Å². The highest BCUT2D eigenvalue weighted by Gasteiger charge is 2.42. The number of nitrogens with zero attached hydrogens (tertiary/aromatic N) is 1. The average molecular weight is 423 g/mol. The predicted octanol–water partition coefficient (Wildman–Crippen LogP) is 5.17. The van der Waals surface area contributed by atoms with E-state index in [0.717, 1.165) is 53.0 Å². The number of pyridine rings is 1. The number of rotatable bonds is 5. The lowest BCUT2D eigenvalue weighted by Gasteiger charge is -2.28. The van der Waals surface area contributed by atoms with Crippen LogP contribution in [0.15, 0.2) is 65.3 Å². The smallest absolute Gasteiger partial charge is 0.230 e. The number of benzene rings is 2. The number of carbonyl (C=O) groups excluding carboxylic acids is 1. The summed E-state index contributed by atoms with van der Waals surface area (Å²) in [7, 11) is 0. The van der Waals surface area contributed by atoms with Crippen LogP contribution in [0.3, 0.4) is 0 Å². The van der Waals surface area contributed by atoms with Crippen LogP contribution in [0.2, 0.25) is 0 Å². The molecule has 1 aromatic heterocycles. The predicted molar refractivity (Wildman–Crippen MR) is 113 cm³/mol. The van der Waals surface area contributed by atoms with Crippen molar-refractivity contribution in [2.75, 3.05) is 6.54 Å². The van der Waals surface area contributed by atoms with Crippen molar-refractivity contribution in [1.29, 1.82) is 0 Å². The van der Waals surface area contributed by atoms with Crippen molar-refractivity contribution in [2.24, 2.45) is 0 Å². The van der Waals surface area contributed by atoms with Crippen LogP contribution < -0.4 is 5.32 Å². The number of halogens is 1. The first kappa shape index (κ1) is 18.2. The van der Waals surface area contributed by atoms with Crippen molar-refractivity contribution >= 4 is 32.7 Å². The Kier molecular flexibility index (Phi) is 5.26. The summed E-state index contributed by atoms with van der Waals surface area (Å²) in [6, 6.07) is 18.5. The molecule has 4 heteroatoms. The fourth-order valence-corrected chi connectivity index (χ4v) is 4.51. The monoisotopic (exact) mass is 422 g/mol. The third kappa shape index (κ3) is 3.63. The van der Waals surface area contributed by atoms with Crippen LogP contribution in [-0.4, -0.2) is 17.4 Å². The minimum atomic E-state index is -0.377. The lowest BCUT2D eigenvalue weighted by molar-refractivity contribution is -0.126. The van der Waals surface area contributed by atoms with E-state index in [2.05, 4.69) is 62.6 Å². The highest BCUT2D eigenvalue weighted by atomic mass is 79.9. The summed E-state index contributed by atoms with van der Waals surface area (Å²) in [6.07, 6.45) is 6.68. The Morgan fingerprint density at radius 1 is 1.04 bits per heavy atom. The molecule has 2 aromatic carbocycles. The fourth-order valence-electron chi connectivity index (χ4n) is 4.24. The number of hydrogen-bond donors (Lipinski definition) is 1. The van der Waals surface area contributed by atoms with Crippen LogP contribution >= 0.6 is 15.9 Å². The van der Waals surface area contributed by atoms with Crippen molar-refractivity contribution in [3.8, 4) is 0 Å². The van der Waals surface area contributed by atoms with E-state index in [1.54, 1.807) is 0 Å². The zero-order valence-electron chi connectivity index (χ0n) is 15.2. The molecule has 0 aliphatic heterocycles. The van der Waals surface area contributed by atoms with E-state index in [1.165, 1.54) is 5.56 Å². The van der Waals surface area contributed by atoms with E-state index in [4.69, 9.17) is 0 Å². The molecule has 0 radical (unpaired) electrons. The van der Waals surface area contributed by atoms with Gasteiger partial charge in [-0.1, -0.05) is 65.2 Å². The second kappa shape index (κ2) is 7.81. The number of amides is 1. The van der Waals surface area contributed by atoms with Crippen molar-refractivity contribution in [3.05, 3.63) is 76.4 Å². The second-order valence-corrected chi connectivity index (χ2v) is 8.21. The van der Waals surface area contributed by atoms with Gasteiger partial charge in [0, 0.05) is 22.6 Å². The highest BCUT2D eigenvalue weighted by molar-refractivity contribution is 9.10. The molecule has 0 saturated heterocycles. The van der Waals surface area contributed by atoms with Gasteiger partial charge in [0.25, 0.3) is 0 Å². The second-order valence-electron chi connectivity index (χ2n) is 7.29. The van der Waals surface area contributed by atoms with Crippen molar-refractivity contribution in [3.63, 3.8) is 0 Å². The Bertz CT molecular complexity index is 941. The van der Waals surface area contributed by atoms with Gasteiger partial charge in [0.1, 0.15) is 0 Å². The molecule has 1 fully saturated rings. The summed E-state index contributed by atoms with van der Waals surface area (Å²) < 4.78 is 1.04. The van der Waals surface area contributed by atoms with Gasteiger partial charge < -0.3 is 5.32 Å². The standard InChI is InChI=1S/C23H23BrN2O/c24-20-10-8-19(9-11-20)23(13-1-2-14-23)22(27)26-16-12-18-6-3-5-17-7-4-15-25-21(17)18/h3-11,15H,1-2,12-14,16H2,(H,26,27). The molecule has 4 rings (SSSR count). The Hall–Kier alpha value is -2.20. The summed E-state index contributed by atoms with van der Waals surface area (Å²) in [4.78, 5) is 17.7. The molecule has 1 aliphatic carbocycles. The normalized spacial score (nSPS) is 15.7. The molecule has 1 N–H and O–H groups in total. The summed E-state index contributed by atoms with van der Waals surface area (Å²) in [5, 5.41) is 4.36. The van der Waals surface area contributed by atoms with Gasteiger partial charge in [0.15, 0.2) is 0 Å². The molecule has 138 valence electrons. The third-order valence-electron chi connectivity index (χ3n) is 5.68. The Morgan fingerprint density at radius 2 is 1.78 bits per heavy atom. The van der Waals surface area contributed by atoms with E-state index >= 15 is 0 Å². The number of carbonyl (C=O) groups is 1. The fraction of sp³-hybridized carbons (Fsp3) is 0.304. The van der Waals surface area contributed by atoms with E-state index < -0.39 is 0 Å². The molecule has 1 aliphatic rings. The SMILES string of the molecule is O=C(NCCc1cccc2cccnc12)C1(c2ccc(Br)cc2)CCCC1. The van der Waals surface area contributed by atoms with Gasteiger partial charge >= 0.3 is 0 Å². The number of para-hydroxylation sites is 1. The van der Waals surface area contributed by atoms with Crippen molar-refractivity contribution in [2.45, 2.75) is 37.5 Å². The van der Waals surface area contributed by atoms with E-state index in [9.17, 15) is 4.79 Å². The molecule has 1 heterocycles. The first-order chi connectivity index (χ1) is 13.2. The van der Waals surface area contributed by atoms with Gasteiger partial charge in [-0.05, 0) is 48.6 Å². The largest absolute Gasteiger partial charge is 0.355 e. The third-order valence-corrected chi connectivity index (χ3v) is 6.21. The molecule has 1 amide bonds. The highest BCUT2D eigenvalue weighted by Crippen LogP contribution is 2.41. The van der Waals surface area contributed by atoms with Gasteiger partial charge in [0.2, 0.25) is 5.91 Å². The average Bonchev–Trinajstić information content (AvgIpc) is 3.20. The maximum absolute atomic E-state index is 13.2. The van der Waals surface area contributed by atoms with E-state index in [1.807, 2.05) is 24.4 Å². The Morgan fingerprint density at radius 3 is 2.56 bits per heavy atom. The van der Waals surface area contributed by atoms with Gasteiger partial charge in [-0.15, -0.1) is 0 Å². The molecular weight excluding hydrogens is 400 g/mol. The van der Waals surface area contributed by atoms with Crippen LogP contribution in [0.25, 0.3) is 10.9 Å². The lowest BCUT2D eigenvalue weighted by Crippen LogP contribution is -2.43. The zero-order chi connectivity index (χ0) is 18.7. The van der Waals surface area contributed by atoms with Gasteiger partial charge in [0.05, 0.1) is 10.9 Å². The quantitative estimate of drug-likeness (QED) is 0.616. The first-order valence-corrected chi connectivity index (χ1v) is 10.4. The maximum Gasteiger partial charge on any atom is 0.230 e. The van der Waals surface area contributed by atoms with Crippen LogP contribution in [-0.2, 0) is 16.6 Å². The van der Waals surface area contributed by atoms with Gasteiger partial charge in [-0.3, -0.25) is 9.78 Å². The molecule has 3 aromatic rings. The van der Waals surface area contributed by atoms with Crippen LogP contribution in [0.5, 0.6) is 0 Å². The zero-order valence-corrected chi connectivity index (χ0v) is 16.8. The summed E-state index contributed by atoms with van der Waals surface area (Å²) in [5.41, 5.74) is 2.96. The molecule has 0 spiro atoms. The molecule has 0 bridgehead atoms. The molecular formula is C23H23BrN2O. The number of nitrogens with one attached hydrogen (secondary N) is 1. The molecule has 27 heavy (non-hydrogen) atoms. The van der Waals surface area contributed by atoms with Gasteiger partial charge in [-0.25, -0.2) is 0 Å². The Balaban J connectivity index is 1.48. The number of aromatic nitrogens is 1. The van der Waals surface area contributed by atoms with Crippen LogP contribution in [0.1, 0.15) is 36.8 Å². The first-order valence-electron chi connectivity index (χ1n) is 9.56. The minimum Gasteiger partial charge on any atom is -0.355 e. The van der Waals surface area contributed by atoms with E-state index in [0.29, 0.717) is 6.54 Å². The number of fused-ring (bicyclic) bond motifs is 1. The summed E-state index contributed by atoms with van der Waals surface area (Å²) in [5.74, 6) is 0.163. The summed E-state index contributed by atoms with van der Waals surface area (Å²) >= 11 is 3.49. The summed E-state index contributed by atoms with van der Waals surface area (Å²) in [6.45, 7) is 0.632. The molecule has 3 nitrogen and oxygen atoms in total. The van der Waals surface area contributed by atoms with Crippen LogP contribution in [0, 0.1) is 0 Å². The van der Waals surface area contributed by atoms with Gasteiger partial charge in [-0.2, -0.15) is 0 Å². The van der Waals surface area contributed by atoms with Crippen molar-refractivity contribution < 1.29 is 4.79 Å². The minimum absolute atomic E-state index is 0.163. The molecule has 0 atom stereocenters. The van der Waals surface area contributed by atoms with Crippen LogP contribution in [0.4, 0.5) is 0 Å². The molecule has 0 unspecified atom stereocenters. The topological polar surface area (TPSA) is 42.0 Å². The maximum atomic E-state index is 13.2. The molecule has 1 saturated carbocycles. The number of hydrogen-bond acceptors (Lipinski definition) is 2. The van der Waals surface area contributed by atoms with Crippen molar-refractivity contribution in [1.82, 2.24) is 10.3 Å². The lowest BCUT2D eigenvalue weighted by atomic mass is 9.78.